The third kappa shape index (κ3) is 3.24. The van der Waals surface area contributed by atoms with Gasteiger partial charge in [-0.05, 0) is 18.6 Å². The molecule has 6 heteroatoms. The summed E-state index contributed by atoms with van der Waals surface area (Å²) in [7, 11) is -3.66. The Morgan fingerprint density at radius 2 is 2.06 bits per heavy atom. The fraction of sp³-hybridized carbons (Fsp3) is 0.400. The van der Waals surface area contributed by atoms with E-state index in [1.807, 2.05) is 6.92 Å². The van der Waals surface area contributed by atoms with Crippen LogP contribution in [0.4, 0.5) is 8.78 Å². The molecule has 0 saturated carbocycles. The molecule has 0 bridgehead atoms. The second-order valence-electron chi connectivity index (χ2n) is 3.27. The Hall–Kier alpha value is -1.01. The summed E-state index contributed by atoms with van der Waals surface area (Å²) < 4.78 is 50.3. The van der Waals surface area contributed by atoms with Crippen LogP contribution in [0.15, 0.2) is 29.2 Å². The molecule has 0 spiro atoms. The molecule has 90 valence electrons. The Bertz CT molecular complexity index is 446. The van der Waals surface area contributed by atoms with Crippen LogP contribution < -0.4 is 4.72 Å². The predicted octanol–water partition coefficient (Wildman–Crippen LogP) is 2.31. The lowest BCUT2D eigenvalue weighted by atomic mass is 10.2. The molecule has 0 aliphatic carbocycles. The van der Waals surface area contributed by atoms with Crippen molar-refractivity contribution in [3.63, 3.8) is 0 Å². The molecule has 0 aromatic heterocycles. The minimum Gasteiger partial charge on any atom is -0.211 e. The highest BCUT2D eigenvalue weighted by molar-refractivity contribution is 7.89. The van der Waals surface area contributed by atoms with E-state index in [2.05, 4.69) is 4.72 Å². The molecule has 0 heterocycles. The highest BCUT2D eigenvalue weighted by Gasteiger charge is 2.15. The number of sulfonamides is 1. The van der Waals surface area contributed by atoms with E-state index in [0.717, 1.165) is 6.07 Å². The fourth-order valence-electron chi connectivity index (χ4n) is 1.14. The van der Waals surface area contributed by atoms with Crippen LogP contribution in [0.1, 0.15) is 25.3 Å². The van der Waals surface area contributed by atoms with E-state index in [1.54, 1.807) is 0 Å². The topological polar surface area (TPSA) is 46.2 Å². The molecule has 0 aliphatic heterocycles. The second-order valence-corrected chi connectivity index (χ2v) is 5.04. The van der Waals surface area contributed by atoms with E-state index >= 15 is 0 Å². The van der Waals surface area contributed by atoms with Gasteiger partial charge < -0.3 is 0 Å². The van der Waals surface area contributed by atoms with Gasteiger partial charge in [0, 0.05) is 12.1 Å². The third-order valence-corrected chi connectivity index (χ3v) is 3.42. The third-order valence-electron chi connectivity index (χ3n) is 1.96. The largest absolute Gasteiger partial charge is 0.263 e. The standard InChI is InChI=1S/C10H13F2NO2S/c1-2-6-13-16(14,15)9-5-3-4-8(7-9)10(11)12/h3-5,7,10,13H,2,6H2,1H3. The van der Waals surface area contributed by atoms with Crippen molar-refractivity contribution in [3.8, 4) is 0 Å². The number of hydrogen-bond donors (Lipinski definition) is 1. The zero-order valence-corrected chi connectivity index (χ0v) is 9.60. The maximum atomic E-state index is 12.4. The van der Waals surface area contributed by atoms with Gasteiger partial charge in [0.05, 0.1) is 4.90 Å². The SMILES string of the molecule is CCCNS(=O)(=O)c1cccc(C(F)F)c1. The molecule has 1 rings (SSSR count). The van der Waals surface area contributed by atoms with Gasteiger partial charge >= 0.3 is 0 Å². The smallest absolute Gasteiger partial charge is 0.211 e. The van der Waals surface area contributed by atoms with Crippen LogP contribution in [-0.4, -0.2) is 15.0 Å². The molecule has 0 aliphatic rings. The Balaban J connectivity index is 2.99. The summed E-state index contributed by atoms with van der Waals surface area (Å²) >= 11 is 0. The van der Waals surface area contributed by atoms with E-state index in [1.165, 1.54) is 18.2 Å². The van der Waals surface area contributed by atoms with E-state index in [4.69, 9.17) is 0 Å². The quantitative estimate of drug-likeness (QED) is 0.870. The number of hydrogen-bond acceptors (Lipinski definition) is 2. The van der Waals surface area contributed by atoms with Crippen LogP contribution in [0.25, 0.3) is 0 Å². The molecule has 1 N–H and O–H groups in total. The number of benzene rings is 1. The van der Waals surface area contributed by atoms with Crippen LogP contribution in [0.3, 0.4) is 0 Å². The lowest BCUT2D eigenvalue weighted by molar-refractivity contribution is 0.151. The van der Waals surface area contributed by atoms with Gasteiger partial charge in [-0.25, -0.2) is 21.9 Å². The summed E-state index contributed by atoms with van der Waals surface area (Å²) in [4.78, 5) is -0.126. The maximum absolute atomic E-state index is 12.4. The van der Waals surface area contributed by atoms with E-state index in [0.29, 0.717) is 13.0 Å². The normalized spacial score (nSPS) is 12.0. The average molecular weight is 249 g/mol. The van der Waals surface area contributed by atoms with Crippen molar-refractivity contribution >= 4 is 10.0 Å². The zero-order chi connectivity index (χ0) is 12.2. The van der Waals surface area contributed by atoms with Crippen LogP contribution in [0.2, 0.25) is 0 Å². The van der Waals surface area contributed by atoms with Gasteiger partial charge in [-0.3, -0.25) is 0 Å². The molecular weight excluding hydrogens is 236 g/mol. The zero-order valence-electron chi connectivity index (χ0n) is 8.78. The van der Waals surface area contributed by atoms with Crippen LogP contribution in [-0.2, 0) is 10.0 Å². The van der Waals surface area contributed by atoms with Gasteiger partial charge in [0.15, 0.2) is 0 Å². The molecular formula is C10H13F2NO2S. The lowest BCUT2D eigenvalue weighted by Crippen LogP contribution is -2.24. The Kier molecular flexibility index (Phi) is 4.37. The predicted molar refractivity (Wildman–Crippen MR) is 56.9 cm³/mol. The minimum absolute atomic E-state index is 0.126. The van der Waals surface area contributed by atoms with Gasteiger partial charge in [0.1, 0.15) is 0 Å². The summed E-state index contributed by atoms with van der Waals surface area (Å²) in [6.07, 6.45) is -2.02. The number of nitrogens with one attached hydrogen (secondary N) is 1. The second kappa shape index (κ2) is 5.36. The highest BCUT2D eigenvalue weighted by atomic mass is 32.2. The number of rotatable bonds is 5. The number of alkyl halides is 2. The van der Waals surface area contributed by atoms with Gasteiger partial charge in [-0.1, -0.05) is 19.1 Å². The summed E-state index contributed by atoms with van der Waals surface area (Å²) in [5.41, 5.74) is -0.292. The average Bonchev–Trinajstić information content (AvgIpc) is 2.26. The van der Waals surface area contributed by atoms with E-state index in [9.17, 15) is 17.2 Å². The first-order valence-electron chi connectivity index (χ1n) is 4.85. The molecule has 0 atom stereocenters. The Morgan fingerprint density at radius 3 is 2.62 bits per heavy atom. The van der Waals surface area contributed by atoms with Crippen LogP contribution in [0.5, 0.6) is 0 Å². The molecule has 0 unspecified atom stereocenters. The molecule has 3 nitrogen and oxygen atoms in total. The lowest BCUT2D eigenvalue weighted by Gasteiger charge is -2.07. The van der Waals surface area contributed by atoms with Crippen molar-refractivity contribution in [2.75, 3.05) is 6.54 Å². The van der Waals surface area contributed by atoms with Crippen LogP contribution in [0, 0.1) is 0 Å². The fourth-order valence-corrected chi connectivity index (χ4v) is 2.33. The first kappa shape index (κ1) is 13.1. The first-order chi connectivity index (χ1) is 7.47. The summed E-state index contributed by atoms with van der Waals surface area (Å²) in [5.74, 6) is 0. The van der Waals surface area contributed by atoms with E-state index < -0.39 is 16.4 Å². The summed E-state index contributed by atoms with van der Waals surface area (Å²) in [6, 6.07) is 4.79. The van der Waals surface area contributed by atoms with Crippen molar-refractivity contribution < 1.29 is 17.2 Å². The molecule has 0 radical (unpaired) electrons. The van der Waals surface area contributed by atoms with E-state index in [-0.39, 0.29) is 10.5 Å². The van der Waals surface area contributed by atoms with Gasteiger partial charge in [0.2, 0.25) is 10.0 Å². The number of halogens is 2. The first-order valence-corrected chi connectivity index (χ1v) is 6.33. The van der Waals surface area contributed by atoms with Crippen LogP contribution >= 0.6 is 0 Å². The highest BCUT2D eigenvalue weighted by Crippen LogP contribution is 2.21. The van der Waals surface area contributed by atoms with Crippen molar-refractivity contribution in [1.82, 2.24) is 4.72 Å². The molecule has 0 amide bonds. The summed E-state index contributed by atoms with van der Waals surface area (Å²) in [6.45, 7) is 2.11. The van der Waals surface area contributed by atoms with Gasteiger partial charge in [0.25, 0.3) is 6.43 Å². The molecule has 16 heavy (non-hydrogen) atoms. The van der Waals surface area contributed by atoms with Crippen molar-refractivity contribution in [2.45, 2.75) is 24.7 Å². The van der Waals surface area contributed by atoms with Crippen molar-refractivity contribution in [1.29, 1.82) is 0 Å². The van der Waals surface area contributed by atoms with Crippen molar-refractivity contribution in [3.05, 3.63) is 29.8 Å². The Labute approximate surface area is 93.5 Å². The van der Waals surface area contributed by atoms with Gasteiger partial charge in [-0.15, -0.1) is 0 Å². The molecule has 0 fully saturated rings. The molecule has 1 aromatic rings. The Morgan fingerprint density at radius 1 is 1.38 bits per heavy atom. The monoisotopic (exact) mass is 249 g/mol. The summed E-state index contributed by atoms with van der Waals surface area (Å²) in [5, 5.41) is 0. The van der Waals surface area contributed by atoms with Gasteiger partial charge in [-0.2, -0.15) is 0 Å². The maximum Gasteiger partial charge on any atom is 0.263 e. The molecule has 1 aromatic carbocycles. The molecule has 0 saturated heterocycles. The van der Waals surface area contributed by atoms with Crippen molar-refractivity contribution in [2.24, 2.45) is 0 Å². The minimum atomic E-state index is -3.66.